The number of para-hydroxylation sites is 2. The van der Waals surface area contributed by atoms with Crippen molar-refractivity contribution in [1.29, 1.82) is 0 Å². The van der Waals surface area contributed by atoms with Crippen molar-refractivity contribution in [2.45, 2.75) is 0 Å². The second-order valence-electron chi connectivity index (χ2n) is 7.77. The molecule has 0 aliphatic rings. The Bertz CT molecular complexity index is 1720. The molecular formula is C27H17N3O. The minimum atomic E-state index is 0.866. The van der Waals surface area contributed by atoms with Gasteiger partial charge in [0.05, 0.1) is 11.0 Å². The summed E-state index contributed by atoms with van der Waals surface area (Å²) in [6, 6.07) is 29.6. The van der Waals surface area contributed by atoms with Gasteiger partial charge in [-0.25, -0.2) is 4.98 Å². The highest BCUT2D eigenvalue weighted by Crippen LogP contribution is 2.41. The zero-order valence-electron chi connectivity index (χ0n) is 16.5. The van der Waals surface area contributed by atoms with Crippen molar-refractivity contribution >= 4 is 43.7 Å². The van der Waals surface area contributed by atoms with Gasteiger partial charge >= 0.3 is 0 Å². The van der Waals surface area contributed by atoms with Gasteiger partial charge in [-0.3, -0.25) is 0 Å². The summed E-state index contributed by atoms with van der Waals surface area (Å²) in [7, 11) is 0. The van der Waals surface area contributed by atoms with E-state index in [1.165, 1.54) is 16.2 Å². The Kier molecular flexibility index (Phi) is 3.24. The Hall–Kier alpha value is -4.31. The fourth-order valence-electron chi connectivity index (χ4n) is 4.75. The van der Waals surface area contributed by atoms with Gasteiger partial charge in [0.1, 0.15) is 17.0 Å². The molecule has 0 spiro atoms. The van der Waals surface area contributed by atoms with Crippen LogP contribution >= 0.6 is 0 Å². The lowest BCUT2D eigenvalue weighted by molar-refractivity contribution is 0.669. The zero-order valence-corrected chi connectivity index (χ0v) is 16.5. The van der Waals surface area contributed by atoms with E-state index in [0.29, 0.717) is 0 Å². The third-order valence-electron chi connectivity index (χ3n) is 6.06. The number of nitrogens with one attached hydrogen (secondary N) is 1. The lowest BCUT2D eigenvalue weighted by Gasteiger charge is -2.08. The Balaban J connectivity index is 1.71. The summed E-state index contributed by atoms with van der Waals surface area (Å²) in [4.78, 5) is 7.68. The molecule has 0 unspecified atom stereocenters. The Labute approximate surface area is 177 Å². The smallest absolute Gasteiger partial charge is 0.137 e. The molecule has 0 atom stereocenters. The minimum Gasteiger partial charge on any atom is -0.456 e. The maximum atomic E-state index is 6.18. The Morgan fingerprint density at radius 3 is 2.45 bits per heavy atom. The second kappa shape index (κ2) is 6.09. The van der Waals surface area contributed by atoms with E-state index in [2.05, 4.69) is 81.3 Å². The van der Waals surface area contributed by atoms with Gasteiger partial charge in [0.2, 0.25) is 0 Å². The summed E-state index contributed by atoms with van der Waals surface area (Å²) >= 11 is 0. The molecular weight excluding hydrogens is 382 g/mol. The molecule has 0 saturated carbocycles. The molecule has 1 N–H and O–H groups in total. The number of H-pyrrole nitrogens is 1. The number of benzene rings is 4. The molecule has 4 nitrogen and oxygen atoms in total. The van der Waals surface area contributed by atoms with Crippen LogP contribution in [0.5, 0.6) is 0 Å². The molecule has 0 radical (unpaired) electrons. The van der Waals surface area contributed by atoms with Gasteiger partial charge in [0, 0.05) is 45.2 Å². The lowest BCUT2D eigenvalue weighted by atomic mass is 10.0. The fourth-order valence-corrected chi connectivity index (χ4v) is 4.75. The van der Waals surface area contributed by atoms with E-state index in [9.17, 15) is 0 Å². The first kappa shape index (κ1) is 16.5. The summed E-state index contributed by atoms with van der Waals surface area (Å²) in [5.74, 6) is 0.866. The predicted octanol–water partition coefficient (Wildman–Crippen LogP) is 7.07. The number of furan rings is 1. The van der Waals surface area contributed by atoms with Gasteiger partial charge in [0.15, 0.2) is 0 Å². The van der Waals surface area contributed by atoms with E-state index in [1.807, 2.05) is 24.4 Å². The van der Waals surface area contributed by atoms with Crippen molar-refractivity contribution in [2.24, 2.45) is 0 Å². The normalized spacial score (nSPS) is 11.9. The number of hydrogen-bond acceptors (Lipinski definition) is 2. The van der Waals surface area contributed by atoms with Crippen molar-refractivity contribution < 1.29 is 4.42 Å². The quantitative estimate of drug-likeness (QED) is 0.338. The molecule has 7 aromatic rings. The number of aromatic nitrogens is 3. The SMILES string of the molecule is c1ccc(-n2c3cc(-c4ncc[nH]4)ccc3c3c4c(ccc32)oc2ccccc24)cc1. The van der Waals surface area contributed by atoms with E-state index in [4.69, 9.17) is 4.42 Å². The van der Waals surface area contributed by atoms with Gasteiger partial charge in [-0.2, -0.15) is 0 Å². The fraction of sp³-hybridized carbons (Fsp3) is 0. The standard InChI is InChI=1S/C27H17N3O/c1-2-6-18(7-3-1)30-21-12-13-24-26(20-8-4-5-9-23(20)31-24)25(21)19-11-10-17(16-22(19)30)27-28-14-15-29-27/h1-16H,(H,28,29). The van der Waals surface area contributed by atoms with E-state index in [-0.39, 0.29) is 0 Å². The van der Waals surface area contributed by atoms with E-state index in [0.717, 1.165) is 44.7 Å². The highest BCUT2D eigenvalue weighted by Gasteiger charge is 2.19. The highest BCUT2D eigenvalue weighted by molar-refractivity contribution is 6.27. The monoisotopic (exact) mass is 399 g/mol. The average molecular weight is 399 g/mol. The minimum absolute atomic E-state index is 0.866. The number of imidazole rings is 1. The second-order valence-corrected chi connectivity index (χ2v) is 7.77. The molecule has 0 aliphatic carbocycles. The number of aromatic amines is 1. The molecule has 0 fully saturated rings. The van der Waals surface area contributed by atoms with Crippen LogP contribution in [0.2, 0.25) is 0 Å². The van der Waals surface area contributed by atoms with Gasteiger partial charge in [0.25, 0.3) is 0 Å². The molecule has 31 heavy (non-hydrogen) atoms. The summed E-state index contributed by atoms with van der Waals surface area (Å²) in [6.07, 6.45) is 3.64. The van der Waals surface area contributed by atoms with Crippen molar-refractivity contribution in [3.8, 4) is 17.1 Å². The van der Waals surface area contributed by atoms with Gasteiger partial charge in [-0.1, -0.05) is 48.5 Å². The molecule has 4 aromatic carbocycles. The number of fused-ring (bicyclic) bond motifs is 7. The zero-order chi connectivity index (χ0) is 20.4. The molecule has 4 heteroatoms. The maximum absolute atomic E-state index is 6.18. The van der Waals surface area contributed by atoms with Crippen LogP contribution < -0.4 is 0 Å². The van der Waals surface area contributed by atoms with Crippen LogP contribution in [0, 0.1) is 0 Å². The third-order valence-corrected chi connectivity index (χ3v) is 6.06. The topological polar surface area (TPSA) is 46.8 Å². The molecule has 0 amide bonds. The molecule has 7 rings (SSSR count). The van der Waals surface area contributed by atoms with E-state index in [1.54, 1.807) is 6.20 Å². The first-order chi connectivity index (χ1) is 15.4. The van der Waals surface area contributed by atoms with Gasteiger partial charge < -0.3 is 14.0 Å². The van der Waals surface area contributed by atoms with Crippen LogP contribution in [0.15, 0.2) is 102 Å². The van der Waals surface area contributed by atoms with E-state index < -0.39 is 0 Å². The first-order valence-electron chi connectivity index (χ1n) is 10.3. The maximum Gasteiger partial charge on any atom is 0.137 e. The molecule has 3 heterocycles. The van der Waals surface area contributed by atoms with E-state index >= 15 is 0 Å². The largest absolute Gasteiger partial charge is 0.456 e. The number of rotatable bonds is 2. The van der Waals surface area contributed by atoms with Crippen LogP contribution in [0.4, 0.5) is 0 Å². The molecule has 146 valence electrons. The highest BCUT2D eigenvalue weighted by atomic mass is 16.3. The van der Waals surface area contributed by atoms with Crippen molar-refractivity contribution in [2.75, 3.05) is 0 Å². The first-order valence-corrected chi connectivity index (χ1v) is 10.3. The predicted molar refractivity (Wildman–Crippen MR) is 126 cm³/mol. The van der Waals surface area contributed by atoms with Crippen molar-refractivity contribution in [3.05, 3.63) is 97.3 Å². The lowest BCUT2D eigenvalue weighted by Crippen LogP contribution is -1.93. The van der Waals surface area contributed by atoms with Crippen molar-refractivity contribution in [3.63, 3.8) is 0 Å². The average Bonchev–Trinajstić information content (AvgIpc) is 3.54. The summed E-state index contributed by atoms with van der Waals surface area (Å²) < 4.78 is 8.51. The molecule has 0 aliphatic heterocycles. The third kappa shape index (κ3) is 2.27. The number of hydrogen-bond donors (Lipinski definition) is 1. The van der Waals surface area contributed by atoms with Crippen molar-refractivity contribution in [1.82, 2.24) is 14.5 Å². The Morgan fingerprint density at radius 2 is 1.58 bits per heavy atom. The number of nitrogens with zero attached hydrogens (tertiary/aromatic N) is 2. The summed E-state index contributed by atoms with van der Waals surface area (Å²) in [6.45, 7) is 0. The van der Waals surface area contributed by atoms with Crippen LogP contribution in [-0.4, -0.2) is 14.5 Å². The molecule has 0 saturated heterocycles. The van der Waals surface area contributed by atoms with Crippen LogP contribution in [0.3, 0.4) is 0 Å². The molecule has 0 bridgehead atoms. The van der Waals surface area contributed by atoms with Gasteiger partial charge in [-0.15, -0.1) is 0 Å². The summed E-state index contributed by atoms with van der Waals surface area (Å²) in [5, 5.41) is 4.72. The molecule has 3 aromatic heterocycles. The van der Waals surface area contributed by atoms with Gasteiger partial charge in [-0.05, 0) is 36.4 Å². The van der Waals surface area contributed by atoms with Crippen LogP contribution in [0.25, 0.3) is 60.8 Å². The van der Waals surface area contributed by atoms with Crippen LogP contribution in [-0.2, 0) is 0 Å². The summed E-state index contributed by atoms with van der Waals surface area (Å²) in [5.41, 5.74) is 6.33. The Morgan fingerprint density at radius 1 is 0.710 bits per heavy atom. The van der Waals surface area contributed by atoms with Crippen LogP contribution in [0.1, 0.15) is 0 Å².